The summed E-state index contributed by atoms with van der Waals surface area (Å²) in [5, 5.41) is 2.85. The number of aryl methyl sites for hydroxylation is 1. The maximum Gasteiger partial charge on any atom is 0.224 e. The molecule has 2 aromatic carbocycles. The topological polar surface area (TPSA) is 56.8 Å². The molecule has 0 aliphatic heterocycles. The number of hydrogen-bond acceptors (Lipinski definition) is 4. The number of amides is 1. The lowest BCUT2D eigenvalue weighted by Gasteiger charge is -2.11. The van der Waals surface area contributed by atoms with Crippen LogP contribution in [0, 0.1) is 6.92 Å². The average molecular weight is 408 g/mol. The van der Waals surface area contributed by atoms with Crippen molar-refractivity contribution in [1.29, 1.82) is 0 Å². The molecular formula is C19H22BrNO4. The predicted molar refractivity (Wildman–Crippen MR) is 102 cm³/mol. The Hall–Kier alpha value is -2.21. The highest BCUT2D eigenvalue weighted by Crippen LogP contribution is 2.30. The van der Waals surface area contributed by atoms with Gasteiger partial charge in [0.15, 0.2) is 11.5 Å². The van der Waals surface area contributed by atoms with Crippen LogP contribution in [0.3, 0.4) is 0 Å². The highest BCUT2D eigenvalue weighted by atomic mass is 79.9. The minimum atomic E-state index is -0.0706. The number of ether oxygens (including phenoxy) is 3. The third-order valence-electron chi connectivity index (χ3n) is 3.56. The van der Waals surface area contributed by atoms with E-state index >= 15 is 0 Å². The van der Waals surface area contributed by atoms with Crippen molar-refractivity contribution in [3.05, 3.63) is 46.4 Å². The van der Waals surface area contributed by atoms with Gasteiger partial charge in [-0.1, -0.05) is 6.07 Å². The SMILES string of the molecule is COc1ccc(NC(=O)CCCOc2ccc(C)cc2Br)cc1OC. The van der Waals surface area contributed by atoms with Crippen molar-refractivity contribution in [2.45, 2.75) is 19.8 Å². The lowest BCUT2D eigenvalue weighted by Crippen LogP contribution is -2.13. The summed E-state index contributed by atoms with van der Waals surface area (Å²) >= 11 is 3.47. The van der Waals surface area contributed by atoms with E-state index in [1.165, 1.54) is 0 Å². The first-order valence-corrected chi connectivity index (χ1v) is 8.73. The monoisotopic (exact) mass is 407 g/mol. The van der Waals surface area contributed by atoms with E-state index in [-0.39, 0.29) is 5.91 Å². The molecule has 0 aromatic heterocycles. The van der Waals surface area contributed by atoms with E-state index in [4.69, 9.17) is 14.2 Å². The highest BCUT2D eigenvalue weighted by Gasteiger charge is 2.08. The lowest BCUT2D eigenvalue weighted by molar-refractivity contribution is -0.116. The highest BCUT2D eigenvalue weighted by molar-refractivity contribution is 9.10. The van der Waals surface area contributed by atoms with Crippen LogP contribution in [0.2, 0.25) is 0 Å². The van der Waals surface area contributed by atoms with Gasteiger partial charge < -0.3 is 19.5 Å². The summed E-state index contributed by atoms with van der Waals surface area (Å²) in [4.78, 5) is 12.0. The summed E-state index contributed by atoms with van der Waals surface area (Å²) in [5.41, 5.74) is 1.83. The zero-order valence-electron chi connectivity index (χ0n) is 14.6. The summed E-state index contributed by atoms with van der Waals surface area (Å²) in [7, 11) is 3.13. The fraction of sp³-hybridized carbons (Fsp3) is 0.316. The van der Waals surface area contributed by atoms with Crippen LogP contribution in [0.5, 0.6) is 17.2 Å². The molecule has 0 heterocycles. The summed E-state index contributed by atoms with van der Waals surface area (Å²) in [5.74, 6) is 1.91. The zero-order chi connectivity index (χ0) is 18.2. The van der Waals surface area contributed by atoms with Crippen molar-refractivity contribution in [2.75, 3.05) is 26.1 Å². The predicted octanol–water partition coefficient (Wildman–Crippen LogP) is 4.57. The molecule has 0 spiro atoms. The van der Waals surface area contributed by atoms with Crippen LogP contribution in [0.4, 0.5) is 5.69 Å². The maximum atomic E-state index is 12.0. The number of anilines is 1. The van der Waals surface area contributed by atoms with Gasteiger partial charge in [0.25, 0.3) is 0 Å². The van der Waals surface area contributed by atoms with Crippen molar-refractivity contribution in [3.8, 4) is 17.2 Å². The summed E-state index contributed by atoms with van der Waals surface area (Å²) in [6.45, 7) is 2.49. The maximum absolute atomic E-state index is 12.0. The number of carbonyl (C=O) groups excluding carboxylic acids is 1. The number of carbonyl (C=O) groups is 1. The van der Waals surface area contributed by atoms with E-state index in [2.05, 4.69) is 21.2 Å². The van der Waals surface area contributed by atoms with Crippen molar-refractivity contribution in [1.82, 2.24) is 0 Å². The Labute approximate surface area is 156 Å². The van der Waals surface area contributed by atoms with Gasteiger partial charge in [0, 0.05) is 18.2 Å². The second-order valence-corrected chi connectivity index (χ2v) is 6.36. The number of hydrogen-bond donors (Lipinski definition) is 1. The summed E-state index contributed by atoms with van der Waals surface area (Å²) in [6, 6.07) is 11.2. The van der Waals surface area contributed by atoms with Crippen molar-refractivity contribution in [2.24, 2.45) is 0 Å². The van der Waals surface area contributed by atoms with Crippen LogP contribution in [0.1, 0.15) is 18.4 Å². The van der Waals surface area contributed by atoms with Gasteiger partial charge in [-0.15, -0.1) is 0 Å². The van der Waals surface area contributed by atoms with Gasteiger partial charge in [-0.25, -0.2) is 0 Å². The molecule has 0 fully saturated rings. The Morgan fingerprint density at radius 1 is 1.04 bits per heavy atom. The van der Waals surface area contributed by atoms with E-state index in [9.17, 15) is 4.79 Å². The fourth-order valence-corrected chi connectivity index (χ4v) is 2.88. The Balaban J connectivity index is 1.79. The van der Waals surface area contributed by atoms with Crippen LogP contribution in [0.25, 0.3) is 0 Å². The molecule has 0 bridgehead atoms. The van der Waals surface area contributed by atoms with E-state index < -0.39 is 0 Å². The molecule has 25 heavy (non-hydrogen) atoms. The molecule has 0 radical (unpaired) electrons. The van der Waals surface area contributed by atoms with E-state index in [1.807, 2.05) is 25.1 Å². The number of rotatable bonds is 8. The van der Waals surface area contributed by atoms with Gasteiger partial charge in [-0.3, -0.25) is 4.79 Å². The minimum Gasteiger partial charge on any atom is -0.493 e. The molecule has 0 atom stereocenters. The van der Waals surface area contributed by atoms with Crippen LogP contribution >= 0.6 is 15.9 Å². The molecule has 0 aliphatic carbocycles. The average Bonchev–Trinajstić information content (AvgIpc) is 2.60. The lowest BCUT2D eigenvalue weighted by atomic mass is 10.2. The normalized spacial score (nSPS) is 10.2. The smallest absolute Gasteiger partial charge is 0.224 e. The molecule has 0 saturated heterocycles. The van der Waals surface area contributed by atoms with Gasteiger partial charge in [-0.2, -0.15) is 0 Å². The molecule has 1 N–H and O–H groups in total. The van der Waals surface area contributed by atoms with Crippen LogP contribution in [-0.2, 0) is 4.79 Å². The zero-order valence-corrected chi connectivity index (χ0v) is 16.2. The number of nitrogens with one attached hydrogen (secondary N) is 1. The van der Waals surface area contributed by atoms with Crippen molar-refractivity contribution >= 4 is 27.5 Å². The van der Waals surface area contributed by atoms with Gasteiger partial charge in [-0.05, 0) is 59.1 Å². The Morgan fingerprint density at radius 3 is 2.44 bits per heavy atom. The molecule has 2 rings (SSSR count). The largest absolute Gasteiger partial charge is 0.493 e. The van der Waals surface area contributed by atoms with Gasteiger partial charge >= 0.3 is 0 Å². The number of methoxy groups -OCH3 is 2. The first-order chi connectivity index (χ1) is 12.0. The molecular weight excluding hydrogens is 386 g/mol. The van der Waals surface area contributed by atoms with Crippen LogP contribution in [0.15, 0.2) is 40.9 Å². The van der Waals surface area contributed by atoms with E-state index in [0.29, 0.717) is 36.6 Å². The molecule has 0 unspecified atom stereocenters. The van der Waals surface area contributed by atoms with Crippen LogP contribution in [-0.4, -0.2) is 26.7 Å². The van der Waals surface area contributed by atoms with Crippen LogP contribution < -0.4 is 19.5 Å². The third kappa shape index (κ3) is 5.67. The minimum absolute atomic E-state index is 0.0706. The van der Waals surface area contributed by atoms with Gasteiger partial charge in [0.05, 0.1) is 25.3 Å². The second-order valence-electron chi connectivity index (χ2n) is 5.50. The first kappa shape index (κ1) is 19.1. The summed E-state index contributed by atoms with van der Waals surface area (Å²) < 4.78 is 17.0. The number of halogens is 1. The molecule has 5 nitrogen and oxygen atoms in total. The summed E-state index contributed by atoms with van der Waals surface area (Å²) in [6.07, 6.45) is 0.997. The first-order valence-electron chi connectivity index (χ1n) is 7.94. The molecule has 0 saturated carbocycles. The van der Waals surface area contributed by atoms with Crippen molar-refractivity contribution < 1.29 is 19.0 Å². The van der Waals surface area contributed by atoms with Gasteiger partial charge in [0.2, 0.25) is 5.91 Å². The quantitative estimate of drug-likeness (QED) is 0.650. The molecule has 0 aliphatic rings. The second kappa shape index (κ2) is 9.32. The number of benzene rings is 2. The Bertz CT molecular complexity index is 733. The fourth-order valence-electron chi connectivity index (χ4n) is 2.28. The standard InChI is InChI=1S/C19H22BrNO4/c1-13-6-8-16(15(20)11-13)25-10-4-5-19(22)21-14-7-9-17(23-2)18(12-14)24-3/h6-9,11-12H,4-5,10H2,1-3H3,(H,21,22). The van der Waals surface area contributed by atoms with Gasteiger partial charge in [0.1, 0.15) is 5.75 Å². The van der Waals surface area contributed by atoms with Crippen molar-refractivity contribution in [3.63, 3.8) is 0 Å². The third-order valence-corrected chi connectivity index (χ3v) is 4.18. The molecule has 2 aromatic rings. The Kier molecular flexibility index (Phi) is 7.13. The van der Waals surface area contributed by atoms with E-state index in [0.717, 1.165) is 15.8 Å². The Morgan fingerprint density at radius 2 is 1.76 bits per heavy atom. The molecule has 6 heteroatoms. The van der Waals surface area contributed by atoms with E-state index in [1.54, 1.807) is 32.4 Å². The molecule has 1 amide bonds. The molecule has 134 valence electrons.